The van der Waals surface area contributed by atoms with Crippen LogP contribution in [0.1, 0.15) is 24.5 Å². The second-order valence-electron chi connectivity index (χ2n) is 6.22. The van der Waals surface area contributed by atoms with E-state index in [0.717, 1.165) is 0 Å². The van der Waals surface area contributed by atoms with E-state index in [1.165, 1.54) is 18.0 Å². The van der Waals surface area contributed by atoms with Gasteiger partial charge in [-0.25, -0.2) is 4.39 Å². The van der Waals surface area contributed by atoms with Crippen LogP contribution in [0.4, 0.5) is 4.39 Å². The molecule has 1 aliphatic rings. The lowest BCUT2D eigenvalue weighted by Crippen LogP contribution is -2.52. The summed E-state index contributed by atoms with van der Waals surface area (Å²) < 4.78 is 14.3. The summed E-state index contributed by atoms with van der Waals surface area (Å²) in [5.41, 5.74) is 5.02. The van der Waals surface area contributed by atoms with Crippen molar-refractivity contribution in [2.75, 3.05) is 13.6 Å². The van der Waals surface area contributed by atoms with Crippen LogP contribution in [0.5, 0.6) is 0 Å². The third kappa shape index (κ3) is 3.40. The van der Waals surface area contributed by atoms with Crippen molar-refractivity contribution >= 4 is 17.7 Å². The molecule has 3 N–H and O–H groups in total. The van der Waals surface area contributed by atoms with E-state index in [-0.39, 0.29) is 18.7 Å². The average Bonchev–Trinajstić information content (AvgIpc) is 2.59. The standard InChI is InChI=1S/C18H22FN3O3/c1-4-18(17(20)25)8-13(15(23)21-3)16(24)22(10-18)9-12-7-5-6-11(2)14(12)19/h5-8H,4,9-10H2,1-3H3,(H2,20,25)(H,21,23). The number of carbonyl (C=O) groups is 3. The molecule has 0 bridgehead atoms. The van der Waals surface area contributed by atoms with E-state index in [4.69, 9.17) is 5.73 Å². The first-order valence-electron chi connectivity index (χ1n) is 8.04. The van der Waals surface area contributed by atoms with E-state index in [0.29, 0.717) is 17.5 Å². The number of aryl methyl sites for hydroxylation is 1. The fourth-order valence-corrected chi connectivity index (χ4v) is 2.96. The Labute approximate surface area is 145 Å². The maximum absolute atomic E-state index is 14.3. The molecular weight excluding hydrogens is 325 g/mol. The molecule has 1 heterocycles. The van der Waals surface area contributed by atoms with Crippen molar-refractivity contribution in [2.24, 2.45) is 11.1 Å². The summed E-state index contributed by atoms with van der Waals surface area (Å²) in [5, 5.41) is 2.39. The van der Waals surface area contributed by atoms with Gasteiger partial charge in [0.05, 0.1) is 5.41 Å². The van der Waals surface area contributed by atoms with Gasteiger partial charge in [-0.1, -0.05) is 25.1 Å². The van der Waals surface area contributed by atoms with Gasteiger partial charge < -0.3 is 16.0 Å². The number of halogens is 1. The summed E-state index contributed by atoms with van der Waals surface area (Å²) in [6, 6.07) is 4.90. The molecule has 134 valence electrons. The minimum atomic E-state index is -1.16. The second kappa shape index (κ2) is 7.04. The van der Waals surface area contributed by atoms with Gasteiger partial charge in [-0.15, -0.1) is 0 Å². The predicted molar refractivity (Wildman–Crippen MR) is 90.6 cm³/mol. The molecule has 1 aromatic rings. The number of likely N-dealkylation sites (N-methyl/N-ethyl adjacent to an activating group) is 1. The molecule has 3 amide bonds. The Hall–Kier alpha value is -2.70. The number of nitrogens with one attached hydrogen (secondary N) is 1. The molecule has 0 aliphatic carbocycles. The number of primary amides is 1. The average molecular weight is 347 g/mol. The molecule has 7 heteroatoms. The van der Waals surface area contributed by atoms with Crippen LogP contribution in [-0.2, 0) is 20.9 Å². The van der Waals surface area contributed by atoms with Gasteiger partial charge in [0, 0.05) is 25.7 Å². The predicted octanol–water partition coefficient (Wildman–Crippen LogP) is 1.03. The quantitative estimate of drug-likeness (QED) is 0.779. The highest BCUT2D eigenvalue weighted by Crippen LogP contribution is 2.33. The number of hydrogen-bond donors (Lipinski definition) is 2. The van der Waals surface area contributed by atoms with Gasteiger partial charge in [0.15, 0.2) is 0 Å². The molecule has 1 unspecified atom stereocenters. The molecule has 0 saturated carbocycles. The number of nitrogens with two attached hydrogens (primary N) is 1. The van der Waals surface area contributed by atoms with Crippen LogP contribution in [0, 0.1) is 18.2 Å². The SMILES string of the molecule is CCC1(C(N)=O)C=C(C(=O)NC)C(=O)N(Cc2cccc(C)c2F)C1. The molecule has 1 aliphatic heterocycles. The maximum Gasteiger partial charge on any atom is 0.259 e. The molecule has 6 nitrogen and oxygen atoms in total. The van der Waals surface area contributed by atoms with Crippen LogP contribution < -0.4 is 11.1 Å². The molecule has 25 heavy (non-hydrogen) atoms. The fourth-order valence-electron chi connectivity index (χ4n) is 2.96. The Morgan fingerprint density at radius 1 is 1.40 bits per heavy atom. The van der Waals surface area contributed by atoms with Crippen molar-refractivity contribution in [3.05, 3.63) is 46.8 Å². The number of benzene rings is 1. The minimum Gasteiger partial charge on any atom is -0.369 e. The van der Waals surface area contributed by atoms with Crippen molar-refractivity contribution in [2.45, 2.75) is 26.8 Å². The lowest BCUT2D eigenvalue weighted by molar-refractivity contribution is -0.136. The first-order chi connectivity index (χ1) is 11.8. The summed E-state index contributed by atoms with van der Waals surface area (Å²) in [6.45, 7) is 3.34. The first-order valence-corrected chi connectivity index (χ1v) is 8.04. The van der Waals surface area contributed by atoms with Crippen LogP contribution in [-0.4, -0.2) is 36.2 Å². The smallest absolute Gasteiger partial charge is 0.259 e. The van der Waals surface area contributed by atoms with E-state index < -0.39 is 29.0 Å². The largest absolute Gasteiger partial charge is 0.369 e. The van der Waals surface area contributed by atoms with Crippen molar-refractivity contribution in [3.63, 3.8) is 0 Å². The molecule has 0 fully saturated rings. The van der Waals surface area contributed by atoms with Crippen molar-refractivity contribution in [1.82, 2.24) is 10.2 Å². The Kier molecular flexibility index (Phi) is 5.25. The third-order valence-electron chi connectivity index (χ3n) is 4.64. The molecule has 1 aromatic carbocycles. The van der Waals surface area contributed by atoms with Crippen LogP contribution in [0.25, 0.3) is 0 Å². The molecule has 0 radical (unpaired) electrons. The van der Waals surface area contributed by atoms with E-state index in [9.17, 15) is 18.8 Å². The summed E-state index contributed by atoms with van der Waals surface area (Å²) in [6.07, 6.45) is 1.67. The Morgan fingerprint density at radius 3 is 2.64 bits per heavy atom. The highest BCUT2D eigenvalue weighted by molar-refractivity contribution is 6.19. The lowest BCUT2D eigenvalue weighted by Gasteiger charge is -2.38. The highest BCUT2D eigenvalue weighted by Gasteiger charge is 2.43. The summed E-state index contributed by atoms with van der Waals surface area (Å²) >= 11 is 0. The topological polar surface area (TPSA) is 92.5 Å². The zero-order chi connectivity index (χ0) is 18.8. The molecule has 0 aromatic heterocycles. The molecule has 0 spiro atoms. The van der Waals surface area contributed by atoms with E-state index in [1.54, 1.807) is 32.0 Å². The van der Waals surface area contributed by atoms with Gasteiger partial charge in [0.2, 0.25) is 5.91 Å². The van der Waals surface area contributed by atoms with Crippen molar-refractivity contribution < 1.29 is 18.8 Å². The number of amides is 3. The van der Waals surface area contributed by atoms with Gasteiger partial charge in [-0.2, -0.15) is 0 Å². The van der Waals surface area contributed by atoms with E-state index >= 15 is 0 Å². The zero-order valence-corrected chi connectivity index (χ0v) is 14.6. The number of nitrogens with zero attached hydrogens (tertiary/aromatic N) is 1. The number of hydrogen-bond acceptors (Lipinski definition) is 3. The monoisotopic (exact) mass is 347 g/mol. The first kappa shape index (κ1) is 18.6. The third-order valence-corrected chi connectivity index (χ3v) is 4.64. The van der Waals surface area contributed by atoms with Gasteiger partial charge in [0.1, 0.15) is 11.4 Å². The van der Waals surface area contributed by atoms with Gasteiger partial charge in [-0.3, -0.25) is 14.4 Å². The maximum atomic E-state index is 14.3. The van der Waals surface area contributed by atoms with Crippen LogP contribution in [0.2, 0.25) is 0 Å². The van der Waals surface area contributed by atoms with Gasteiger partial charge in [0.25, 0.3) is 11.8 Å². The number of carbonyl (C=O) groups excluding carboxylic acids is 3. The number of rotatable bonds is 5. The second-order valence-corrected chi connectivity index (χ2v) is 6.22. The highest BCUT2D eigenvalue weighted by atomic mass is 19.1. The van der Waals surface area contributed by atoms with Crippen molar-refractivity contribution in [3.8, 4) is 0 Å². The van der Waals surface area contributed by atoms with Crippen LogP contribution >= 0.6 is 0 Å². The normalized spacial score (nSPS) is 20.2. The van der Waals surface area contributed by atoms with E-state index in [1.807, 2.05) is 0 Å². The van der Waals surface area contributed by atoms with Crippen LogP contribution in [0.15, 0.2) is 29.8 Å². The Bertz CT molecular complexity index is 760. The molecular formula is C18H22FN3O3. The van der Waals surface area contributed by atoms with Crippen LogP contribution in [0.3, 0.4) is 0 Å². The molecule has 2 rings (SSSR count). The van der Waals surface area contributed by atoms with Crippen molar-refractivity contribution in [1.29, 1.82) is 0 Å². The van der Waals surface area contributed by atoms with E-state index in [2.05, 4.69) is 5.32 Å². The molecule has 0 saturated heterocycles. The zero-order valence-electron chi connectivity index (χ0n) is 14.6. The Balaban J connectivity index is 2.47. The summed E-state index contributed by atoms with van der Waals surface area (Å²) in [5.74, 6) is -2.18. The lowest BCUT2D eigenvalue weighted by atomic mass is 9.78. The van der Waals surface area contributed by atoms with Gasteiger partial charge in [-0.05, 0) is 25.0 Å². The summed E-state index contributed by atoms with van der Waals surface area (Å²) in [4.78, 5) is 38.1. The minimum absolute atomic E-state index is 0.00550. The Morgan fingerprint density at radius 2 is 2.08 bits per heavy atom. The van der Waals surface area contributed by atoms with Gasteiger partial charge >= 0.3 is 0 Å². The fraction of sp³-hybridized carbons (Fsp3) is 0.389. The molecule has 1 atom stereocenters. The summed E-state index contributed by atoms with van der Waals surface area (Å²) in [7, 11) is 1.40.